The number of hydrogen-bond donors (Lipinski definition) is 1. The summed E-state index contributed by atoms with van der Waals surface area (Å²) in [5.41, 5.74) is 1.94. The molecule has 1 amide bonds. The highest BCUT2D eigenvalue weighted by molar-refractivity contribution is 5.68. The lowest BCUT2D eigenvalue weighted by Crippen LogP contribution is -2.40. The molecule has 0 aliphatic heterocycles. The van der Waals surface area contributed by atoms with Crippen LogP contribution in [0.25, 0.3) is 0 Å². The molecule has 22 heavy (non-hydrogen) atoms. The molecule has 2 aromatic rings. The molecular formula is C18H21NO3. The smallest absolute Gasteiger partial charge is 0.410 e. The van der Waals surface area contributed by atoms with Gasteiger partial charge in [-0.05, 0) is 18.1 Å². The zero-order valence-corrected chi connectivity index (χ0v) is 12.7. The highest BCUT2D eigenvalue weighted by Crippen LogP contribution is 2.11. The topological polar surface area (TPSA) is 49.8 Å². The van der Waals surface area contributed by atoms with Crippen LogP contribution in [0.2, 0.25) is 0 Å². The molecule has 0 fully saturated rings. The molecule has 2 aromatic carbocycles. The van der Waals surface area contributed by atoms with E-state index in [0.29, 0.717) is 6.54 Å². The van der Waals surface area contributed by atoms with Crippen LogP contribution in [-0.2, 0) is 17.9 Å². The number of ether oxygens (including phenoxy) is 1. The second-order valence-corrected chi connectivity index (χ2v) is 5.19. The first-order valence-electron chi connectivity index (χ1n) is 7.33. The fourth-order valence-corrected chi connectivity index (χ4v) is 2.08. The summed E-state index contributed by atoms with van der Waals surface area (Å²) in [7, 11) is 0. The Hall–Kier alpha value is -2.33. The van der Waals surface area contributed by atoms with Crippen LogP contribution in [0.5, 0.6) is 0 Å². The highest BCUT2D eigenvalue weighted by atomic mass is 16.6. The van der Waals surface area contributed by atoms with E-state index < -0.39 is 6.09 Å². The quantitative estimate of drug-likeness (QED) is 0.891. The lowest BCUT2D eigenvalue weighted by molar-refractivity contribution is 0.0654. The van der Waals surface area contributed by atoms with Crippen LogP contribution in [0.3, 0.4) is 0 Å². The standard InChI is InChI=1S/C18H21NO3/c1-15(13-20)19(12-16-8-4-2-5-9-16)18(21)22-14-17-10-6-3-7-11-17/h2-11,15,20H,12-14H2,1H3/t15-/m1/s1. The largest absolute Gasteiger partial charge is 0.445 e. The number of aliphatic hydroxyl groups is 1. The van der Waals surface area contributed by atoms with Gasteiger partial charge in [0.1, 0.15) is 6.61 Å². The molecule has 0 saturated carbocycles. The predicted molar refractivity (Wildman–Crippen MR) is 85.2 cm³/mol. The SMILES string of the molecule is C[C@H](CO)N(Cc1ccccc1)C(=O)OCc1ccccc1. The number of hydrogen-bond acceptors (Lipinski definition) is 3. The number of carbonyl (C=O) groups is 1. The van der Waals surface area contributed by atoms with Crippen molar-refractivity contribution in [2.24, 2.45) is 0 Å². The number of rotatable bonds is 6. The molecule has 0 heterocycles. The fourth-order valence-electron chi connectivity index (χ4n) is 2.08. The van der Waals surface area contributed by atoms with Gasteiger partial charge in [-0.1, -0.05) is 60.7 Å². The molecule has 116 valence electrons. The normalized spacial score (nSPS) is 11.7. The molecular weight excluding hydrogens is 278 g/mol. The van der Waals surface area contributed by atoms with Gasteiger partial charge in [0.2, 0.25) is 0 Å². The van der Waals surface area contributed by atoms with Gasteiger partial charge in [0, 0.05) is 6.54 Å². The molecule has 0 saturated heterocycles. The minimum Gasteiger partial charge on any atom is -0.445 e. The predicted octanol–water partition coefficient (Wildman–Crippen LogP) is 3.21. The maximum Gasteiger partial charge on any atom is 0.410 e. The van der Waals surface area contributed by atoms with Crippen LogP contribution in [-0.4, -0.2) is 28.7 Å². The molecule has 0 aliphatic rings. The fraction of sp³-hybridized carbons (Fsp3) is 0.278. The van der Waals surface area contributed by atoms with Gasteiger partial charge in [-0.3, -0.25) is 4.90 Å². The second-order valence-electron chi connectivity index (χ2n) is 5.19. The van der Waals surface area contributed by atoms with Crippen molar-refractivity contribution >= 4 is 6.09 Å². The first-order chi connectivity index (χ1) is 10.7. The van der Waals surface area contributed by atoms with E-state index in [2.05, 4.69) is 0 Å². The van der Waals surface area contributed by atoms with Crippen molar-refractivity contribution in [1.29, 1.82) is 0 Å². The van der Waals surface area contributed by atoms with E-state index in [0.717, 1.165) is 11.1 Å². The first kappa shape index (κ1) is 16.0. The maximum atomic E-state index is 12.3. The average molecular weight is 299 g/mol. The summed E-state index contributed by atoms with van der Waals surface area (Å²) in [5, 5.41) is 9.37. The van der Waals surface area contributed by atoms with Crippen LogP contribution in [0.4, 0.5) is 4.79 Å². The van der Waals surface area contributed by atoms with Crippen molar-refractivity contribution in [2.75, 3.05) is 6.61 Å². The van der Waals surface area contributed by atoms with Gasteiger partial charge in [-0.25, -0.2) is 4.79 Å². The second kappa shape index (κ2) is 8.20. The van der Waals surface area contributed by atoms with E-state index in [1.165, 1.54) is 4.90 Å². The molecule has 4 nitrogen and oxygen atoms in total. The maximum absolute atomic E-state index is 12.3. The van der Waals surface area contributed by atoms with E-state index in [-0.39, 0.29) is 19.3 Å². The third kappa shape index (κ3) is 4.60. The summed E-state index contributed by atoms with van der Waals surface area (Å²) >= 11 is 0. The van der Waals surface area contributed by atoms with Crippen molar-refractivity contribution < 1.29 is 14.6 Å². The van der Waals surface area contributed by atoms with E-state index in [1.807, 2.05) is 60.7 Å². The number of nitrogens with zero attached hydrogens (tertiary/aromatic N) is 1. The van der Waals surface area contributed by atoms with Crippen molar-refractivity contribution in [3.63, 3.8) is 0 Å². The molecule has 0 aromatic heterocycles. The average Bonchev–Trinajstić information content (AvgIpc) is 2.58. The zero-order chi connectivity index (χ0) is 15.8. The Morgan fingerprint density at radius 2 is 1.59 bits per heavy atom. The van der Waals surface area contributed by atoms with E-state index in [9.17, 15) is 9.90 Å². The van der Waals surface area contributed by atoms with E-state index in [1.54, 1.807) is 6.92 Å². The summed E-state index contributed by atoms with van der Waals surface area (Å²) in [4.78, 5) is 13.9. The van der Waals surface area contributed by atoms with Crippen LogP contribution in [0.15, 0.2) is 60.7 Å². The Morgan fingerprint density at radius 1 is 1.05 bits per heavy atom. The Morgan fingerprint density at radius 3 is 2.14 bits per heavy atom. The third-order valence-electron chi connectivity index (χ3n) is 3.43. The summed E-state index contributed by atoms with van der Waals surface area (Å²) in [6, 6.07) is 18.9. The molecule has 2 rings (SSSR count). The van der Waals surface area contributed by atoms with Gasteiger partial charge in [0.15, 0.2) is 0 Å². The zero-order valence-electron chi connectivity index (χ0n) is 12.7. The number of aliphatic hydroxyl groups excluding tert-OH is 1. The molecule has 0 aliphatic carbocycles. The van der Waals surface area contributed by atoms with Crippen molar-refractivity contribution in [3.8, 4) is 0 Å². The lowest BCUT2D eigenvalue weighted by Gasteiger charge is -2.27. The molecule has 0 spiro atoms. The lowest BCUT2D eigenvalue weighted by atomic mass is 10.2. The molecule has 1 N–H and O–H groups in total. The van der Waals surface area contributed by atoms with Crippen LogP contribution < -0.4 is 0 Å². The summed E-state index contributed by atoms with van der Waals surface area (Å²) in [5.74, 6) is 0. The van der Waals surface area contributed by atoms with Gasteiger partial charge in [-0.15, -0.1) is 0 Å². The monoisotopic (exact) mass is 299 g/mol. The molecule has 0 radical (unpaired) electrons. The summed E-state index contributed by atoms with van der Waals surface area (Å²) < 4.78 is 5.36. The minimum atomic E-state index is -0.422. The van der Waals surface area contributed by atoms with Gasteiger partial charge in [0.25, 0.3) is 0 Å². The summed E-state index contributed by atoms with van der Waals surface area (Å²) in [6.07, 6.45) is -0.422. The van der Waals surface area contributed by atoms with Gasteiger partial charge in [-0.2, -0.15) is 0 Å². The molecule has 4 heteroatoms. The Balaban J connectivity index is 2.00. The van der Waals surface area contributed by atoms with Crippen molar-refractivity contribution in [3.05, 3.63) is 71.8 Å². The highest BCUT2D eigenvalue weighted by Gasteiger charge is 2.21. The van der Waals surface area contributed by atoms with Gasteiger partial charge < -0.3 is 9.84 Å². The molecule has 0 bridgehead atoms. The van der Waals surface area contributed by atoms with Gasteiger partial charge >= 0.3 is 6.09 Å². The Bertz CT molecular complexity index is 571. The number of benzene rings is 2. The van der Waals surface area contributed by atoms with Gasteiger partial charge in [0.05, 0.1) is 12.6 Å². The van der Waals surface area contributed by atoms with Crippen molar-refractivity contribution in [2.45, 2.75) is 26.1 Å². The molecule has 1 atom stereocenters. The third-order valence-corrected chi connectivity index (χ3v) is 3.43. The number of carbonyl (C=O) groups excluding carboxylic acids is 1. The van der Waals surface area contributed by atoms with E-state index >= 15 is 0 Å². The summed E-state index contributed by atoms with van der Waals surface area (Å²) in [6.45, 7) is 2.33. The Labute approximate surface area is 131 Å². The van der Waals surface area contributed by atoms with Crippen LogP contribution in [0, 0.1) is 0 Å². The Kier molecular flexibility index (Phi) is 5.98. The molecule has 0 unspecified atom stereocenters. The number of amides is 1. The minimum absolute atomic E-state index is 0.104. The van der Waals surface area contributed by atoms with Crippen LogP contribution >= 0.6 is 0 Å². The van der Waals surface area contributed by atoms with E-state index in [4.69, 9.17) is 4.74 Å². The van der Waals surface area contributed by atoms with Crippen LogP contribution in [0.1, 0.15) is 18.1 Å². The van der Waals surface area contributed by atoms with Crippen molar-refractivity contribution in [1.82, 2.24) is 4.90 Å². The first-order valence-corrected chi connectivity index (χ1v) is 7.33.